The normalized spacial score (nSPS) is 16.1. The van der Waals surface area contributed by atoms with Crippen molar-refractivity contribution in [3.05, 3.63) is 56.9 Å². The number of rotatable bonds is 6. The highest BCUT2D eigenvalue weighted by Gasteiger charge is 2.20. The first-order valence-electron chi connectivity index (χ1n) is 9.02. The summed E-state index contributed by atoms with van der Waals surface area (Å²) in [4.78, 5) is 33.9. The molecule has 0 radical (unpaired) electrons. The number of likely N-dealkylation sites (tertiary alicyclic amines) is 1. The lowest BCUT2D eigenvalue weighted by Gasteiger charge is -2.32. The minimum absolute atomic E-state index is 0.0449. The van der Waals surface area contributed by atoms with Gasteiger partial charge in [0.15, 0.2) is 0 Å². The Balaban J connectivity index is 1.49. The van der Waals surface area contributed by atoms with Gasteiger partial charge in [0.2, 0.25) is 0 Å². The molecule has 0 aromatic carbocycles. The van der Waals surface area contributed by atoms with Crippen LogP contribution in [0.3, 0.4) is 0 Å². The van der Waals surface area contributed by atoms with E-state index < -0.39 is 17.7 Å². The van der Waals surface area contributed by atoms with Crippen LogP contribution in [0.2, 0.25) is 0 Å². The molecule has 3 heterocycles. The molecule has 1 saturated heterocycles. The van der Waals surface area contributed by atoms with E-state index in [1.807, 2.05) is 0 Å². The van der Waals surface area contributed by atoms with Crippen molar-refractivity contribution in [2.75, 3.05) is 19.6 Å². The Bertz CT molecular complexity index is 888. The Hall–Kier alpha value is -2.42. The van der Waals surface area contributed by atoms with Crippen LogP contribution < -0.4 is 11.1 Å². The third-order valence-electron chi connectivity index (χ3n) is 4.96. The van der Waals surface area contributed by atoms with E-state index in [1.165, 1.54) is 17.0 Å². The van der Waals surface area contributed by atoms with Gasteiger partial charge in [-0.05, 0) is 38.8 Å². The summed E-state index contributed by atoms with van der Waals surface area (Å²) in [5.41, 5.74) is -0.249. The lowest BCUT2D eigenvalue weighted by Crippen LogP contribution is -2.39. The van der Waals surface area contributed by atoms with Gasteiger partial charge in [0.1, 0.15) is 5.69 Å². The van der Waals surface area contributed by atoms with Crippen molar-refractivity contribution in [2.24, 2.45) is 5.92 Å². The van der Waals surface area contributed by atoms with Crippen LogP contribution >= 0.6 is 0 Å². The Kier molecular flexibility index (Phi) is 6.10. The quantitative estimate of drug-likeness (QED) is 0.760. The predicted molar refractivity (Wildman–Crippen MR) is 95.9 cm³/mol. The smallest absolute Gasteiger partial charge is 0.280 e. The van der Waals surface area contributed by atoms with Crippen molar-refractivity contribution in [2.45, 2.75) is 39.3 Å². The molecule has 1 fully saturated rings. The summed E-state index contributed by atoms with van der Waals surface area (Å²) >= 11 is 0. The van der Waals surface area contributed by atoms with E-state index in [-0.39, 0.29) is 5.56 Å². The minimum atomic E-state index is -2.73. The number of hydrogen-bond acceptors (Lipinski definition) is 5. The lowest BCUT2D eigenvalue weighted by molar-refractivity contribution is 0.144. The maximum atomic E-state index is 12.6. The van der Waals surface area contributed by atoms with Gasteiger partial charge in [-0.15, -0.1) is 0 Å². The molecule has 0 spiro atoms. The summed E-state index contributed by atoms with van der Waals surface area (Å²) in [5.74, 6) is 0.307. The van der Waals surface area contributed by atoms with Crippen molar-refractivity contribution in [3.8, 4) is 0 Å². The summed E-state index contributed by atoms with van der Waals surface area (Å²) in [6.07, 6.45) is 1.88. The van der Waals surface area contributed by atoms with Crippen LogP contribution in [0.5, 0.6) is 0 Å². The van der Waals surface area contributed by atoms with Gasteiger partial charge in [-0.1, -0.05) is 0 Å². The number of piperidine rings is 1. The van der Waals surface area contributed by atoms with E-state index in [9.17, 15) is 18.4 Å². The molecule has 0 aliphatic carbocycles. The van der Waals surface area contributed by atoms with Crippen LogP contribution in [0.25, 0.3) is 0 Å². The molecule has 0 unspecified atom stereocenters. The molecule has 1 aliphatic heterocycles. The molecule has 2 aromatic rings. The largest absolute Gasteiger partial charge is 0.302 e. The summed E-state index contributed by atoms with van der Waals surface area (Å²) in [5, 5.41) is 0. The Morgan fingerprint density at radius 3 is 2.33 bits per heavy atom. The maximum Gasteiger partial charge on any atom is 0.280 e. The third-order valence-corrected chi connectivity index (χ3v) is 4.96. The van der Waals surface area contributed by atoms with Crippen molar-refractivity contribution < 1.29 is 8.78 Å². The van der Waals surface area contributed by atoms with Gasteiger partial charge in [0.25, 0.3) is 17.5 Å². The maximum absolute atomic E-state index is 12.6. The number of alkyl halides is 2. The highest BCUT2D eigenvalue weighted by Crippen LogP contribution is 2.19. The van der Waals surface area contributed by atoms with Gasteiger partial charge < -0.3 is 4.90 Å². The van der Waals surface area contributed by atoms with Crippen LogP contribution in [0, 0.1) is 12.8 Å². The first kappa shape index (κ1) is 19.3. The molecule has 3 rings (SSSR count). The fraction of sp³-hybridized carbons (Fsp3) is 0.556. The highest BCUT2D eigenvalue weighted by molar-refractivity contribution is 5.01. The topological polar surface area (TPSA) is 73.0 Å². The first-order chi connectivity index (χ1) is 12.9. The van der Waals surface area contributed by atoms with Gasteiger partial charge in [-0.3, -0.25) is 18.7 Å². The van der Waals surface area contributed by atoms with Crippen molar-refractivity contribution in [3.63, 3.8) is 0 Å². The summed E-state index contributed by atoms with van der Waals surface area (Å²) in [6.45, 7) is 5.38. The van der Waals surface area contributed by atoms with E-state index in [2.05, 4.69) is 14.9 Å². The summed E-state index contributed by atoms with van der Waals surface area (Å²) in [7, 11) is 0. The average molecular weight is 379 g/mol. The van der Waals surface area contributed by atoms with E-state index in [0.29, 0.717) is 24.7 Å². The fourth-order valence-corrected chi connectivity index (χ4v) is 3.30. The van der Waals surface area contributed by atoms with E-state index in [1.54, 1.807) is 17.8 Å². The monoisotopic (exact) mass is 379 g/mol. The fourth-order valence-electron chi connectivity index (χ4n) is 3.30. The molecule has 9 heteroatoms. The molecule has 0 bridgehead atoms. The van der Waals surface area contributed by atoms with E-state index in [4.69, 9.17) is 0 Å². The second-order valence-electron chi connectivity index (χ2n) is 6.95. The van der Waals surface area contributed by atoms with Crippen molar-refractivity contribution in [1.82, 2.24) is 24.0 Å². The number of hydrogen-bond donors (Lipinski definition) is 0. The van der Waals surface area contributed by atoms with Crippen molar-refractivity contribution in [1.29, 1.82) is 0 Å². The van der Waals surface area contributed by atoms with E-state index >= 15 is 0 Å². The Labute approximate surface area is 155 Å². The molecule has 0 amide bonds. The van der Waals surface area contributed by atoms with Crippen LogP contribution in [-0.4, -0.2) is 43.6 Å². The first-order valence-corrected chi connectivity index (χ1v) is 9.02. The molecule has 146 valence electrons. The average Bonchev–Trinajstić information content (AvgIpc) is 2.63. The number of nitrogens with zero attached hydrogens (tertiary/aromatic N) is 5. The van der Waals surface area contributed by atoms with Crippen molar-refractivity contribution >= 4 is 0 Å². The Morgan fingerprint density at radius 2 is 1.70 bits per heavy atom. The number of halogens is 2. The molecule has 27 heavy (non-hydrogen) atoms. The molecule has 0 atom stereocenters. The summed E-state index contributed by atoms with van der Waals surface area (Å²) in [6, 6.07) is 2.43. The zero-order valence-electron chi connectivity index (χ0n) is 15.2. The highest BCUT2D eigenvalue weighted by atomic mass is 19.3. The SMILES string of the molecule is Cc1cc(=O)n(CCN2CCC(Cn3cnc(C(F)F)cc3=O)CC2)cn1. The van der Waals surface area contributed by atoms with Gasteiger partial charge in [0.05, 0.1) is 12.7 Å². The van der Waals surface area contributed by atoms with Gasteiger partial charge in [-0.2, -0.15) is 0 Å². The van der Waals surface area contributed by atoms with E-state index in [0.717, 1.165) is 38.5 Å². The predicted octanol–water partition coefficient (Wildman–Crippen LogP) is 1.46. The minimum Gasteiger partial charge on any atom is -0.302 e. The Morgan fingerprint density at radius 1 is 1.04 bits per heavy atom. The number of aryl methyl sites for hydroxylation is 1. The molecular formula is C18H23F2N5O2. The molecular weight excluding hydrogens is 356 g/mol. The molecule has 7 nitrogen and oxygen atoms in total. The lowest BCUT2D eigenvalue weighted by atomic mass is 9.96. The molecule has 0 N–H and O–H groups in total. The van der Waals surface area contributed by atoms with Crippen LogP contribution in [-0.2, 0) is 13.1 Å². The second kappa shape index (κ2) is 8.51. The zero-order chi connectivity index (χ0) is 19.4. The second-order valence-corrected chi connectivity index (χ2v) is 6.95. The standard InChI is InChI=1S/C18H23F2N5O2/c1-13-8-16(26)24(11-21-13)7-6-23-4-2-14(3-5-23)10-25-12-22-15(18(19)20)9-17(25)27/h8-9,11-12,14,18H,2-7,10H2,1H3. The molecule has 0 saturated carbocycles. The summed E-state index contributed by atoms with van der Waals surface area (Å²) < 4.78 is 28.2. The molecule has 1 aliphatic rings. The number of aromatic nitrogens is 4. The van der Waals surface area contributed by atoms with Crippen LogP contribution in [0.15, 0.2) is 34.4 Å². The van der Waals surface area contributed by atoms with Gasteiger partial charge in [-0.25, -0.2) is 18.7 Å². The molecule has 2 aromatic heterocycles. The van der Waals surface area contributed by atoms with Gasteiger partial charge >= 0.3 is 0 Å². The third kappa shape index (κ3) is 5.06. The van der Waals surface area contributed by atoms with Gasteiger partial charge in [0, 0.05) is 37.5 Å². The van der Waals surface area contributed by atoms with Crippen LogP contribution in [0.1, 0.15) is 30.7 Å². The van der Waals surface area contributed by atoms with Crippen LogP contribution in [0.4, 0.5) is 8.78 Å². The zero-order valence-corrected chi connectivity index (χ0v) is 15.2.